The van der Waals surface area contributed by atoms with Gasteiger partial charge >= 0.3 is 0 Å². The van der Waals surface area contributed by atoms with Gasteiger partial charge in [-0.3, -0.25) is 4.90 Å². The van der Waals surface area contributed by atoms with Crippen molar-refractivity contribution >= 4 is 21.4 Å². The second kappa shape index (κ2) is 4.67. The van der Waals surface area contributed by atoms with Crippen molar-refractivity contribution in [1.82, 2.24) is 4.90 Å². The molecule has 1 saturated heterocycles. The minimum atomic E-state index is 0.406. The quantitative estimate of drug-likeness (QED) is 0.876. The number of likely N-dealkylation sites (tertiary alicyclic amines) is 1. The van der Waals surface area contributed by atoms with E-state index in [1.54, 1.807) is 17.4 Å². The summed E-state index contributed by atoms with van der Waals surface area (Å²) in [4.78, 5) is 3.88. The first-order valence-corrected chi connectivity index (χ1v) is 7.07. The fraction of sp³-hybridized carbons (Fsp3) is 0.429. The highest BCUT2D eigenvalue weighted by molar-refractivity contribution is 7.19. The standard InChI is InChI=1S/C14H17NOS/c16-13-5-4-6-14-12(13)9-11(17-14)10-15-7-2-1-3-8-15/h4-6,9,16H,1-3,7-8,10H2. The topological polar surface area (TPSA) is 23.5 Å². The van der Waals surface area contributed by atoms with Crippen LogP contribution in [0.3, 0.4) is 0 Å². The maximum absolute atomic E-state index is 9.78. The molecule has 1 fully saturated rings. The summed E-state index contributed by atoms with van der Waals surface area (Å²) in [5.74, 6) is 0.406. The van der Waals surface area contributed by atoms with Crippen LogP contribution < -0.4 is 0 Å². The molecule has 17 heavy (non-hydrogen) atoms. The Bertz CT molecular complexity index is 514. The van der Waals surface area contributed by atoms with Crippen LogP contribution in [0.5, 0.6) is 5.75 Å². The lowest BCUT2D eigenvalue weighted by atomic mass is 10.1. The van der Waals surface area contributed by atoms with E-state index in [9.17, 15) is 5.11 Å². The van der Waals surface area contributed by atoms with Crippen LogP contribution in [0.15, 0.2) is 24.3 Å². The molecule has 0 spiro atoms. The van der Waals surface area contributed by atoms with Crippen LogP contribution in [0.2, 0.25) is 0 Å². The molecule has 1 aliphatic rings. The van der Waals surface area contributed by atoms with E-state index in [1.165, 1.54) is 41.9 Å². The second-order valence-corrected chi connectivity index (χ2v) is 5.91. The Labute approximate surface area is 105 Å². The van der Waals surface area contributed by atoms with Crippen molar-refractivity contribution in [2.45, 2.75) is 25.8 Å². The number of phenols is 1. The van der Waals surface area contributed by atoms with Gasteiger partial charge in [0.2, 0.25) is 0 Å². The van der Waals surface area contributed by atoms with E-state index in [4.69, 9.17) is 0 Å². The second-order valence-electron chi connectivity index (χ2n) is 4.74. The monoisotopic (exact) mass is 247 g/mol. The number of thiophene rings is 1. The predicted molar refractivity (Wildman–Crippen MR) is 72.6 cm³/mol. The molecular weight excluding hydrogens is 230 g/mol. The summed E-state index contributed by atoms with van der Waals surface area (Å²) >= 11 is 1.80. The predicted octanol–water partition coefficient (Wildman–Crippen LogP) is 3.59. The van der Waals surface area contributed by atoms with E-state index >= 15 is 0 Å². The smallest absolute Gasteiger partial charge is 0.124 e. The average Bonchev–Trinajstić information content (AvgIpc) is 2.74. The summed E-state index contributed by atoms with van der Waals surface area (Å²) in [6, 6.07) is 7.90. The summed E-state index contributed by atoms with van der Waals surface area (Å²) < 4.78 is 1.19. The highest BCUT2D eigenvalue weighted by Gasteiger charge is 2.12. The molecule has 3 heteroatoms. The van der Waals surface area contributed by atoms with Crippen molar-refractivity contribution in [2.75, 3.05) is 13.1 Å². The van der Waals surface area contributed by atoms with Crippen LogP contribution in [0, 0.1) is 0 Å². The molecule has 1 aromatic heterocycles. The Morgan fingerprint density at radius 2 is 2.00 bits per heavy atom. The van der Waals surface area contributed by atoms with Crippen LogP contribution in [-0.4, -0.2) is 23.1 Å². The Morgan fingerprint density at radius 1 is 1.18 bits per heavy atom. The van der Waals surface area contributed by atoms with Gasteiger partial charge in [0.25, 0.3) is 0 Å². The molecule has 0 bridgehead atoms. The fourth-order valence-electron chi connectivity index (χ4n) is 2.51. The van der Waals surface area contributed by atoms with Crippen molar-refractivity contribution in [3.63, 3.8) is 0 Å². The highest BCUT2D eigenvalue weighted by atomic mass is 32.1. The summed E-state index contributed by atoms with van der Waals surface area (Å²) in [5.41, 5.74) is 0. The number of fused-ring (bicyclic) bond motifs is 1. The maximum Gasteiger partial charge on any atom is 0.124 e. The molecule has 2 nitrogen and oxygen atoms in total. The van der Waals surface area contributed by atoms with E-state index in [-0.39, 0.29) is 0 Å². The summed E-state index contributed by atoms with van der Waals surface area (Å²) in [5, 5.41) is 10.8. The van der Waals surface area contributed by atoms with Crippen molar-refractivity contribution in [3.8, 4) is 5.75 Å². The molecule has 0 unspecified atom stereocenters. The lowest BCUT2D eigenvalue weighted by Gasteiger charge is -2.25. The zero-order valence-corrected chi connectivity index (χ0v) is 10.7. The fourth-order valence-corrected chi connectivity index (χ4v) is 3.64. The van der Waals surface area contributed by atoms with Gasteiger partial charge in [-0.2, -0.15) is 0 Å². The third-order valence-electron chi connectivity index (χ3n) is 3.42. The minimum absolute atomic E-state index is 0.406. The molecule has 3 rings (SSSR count). The van der Waals surface area contributed by atoms with Crippen molar-refractivity contribution < 1.29 is 5.11 Å². The molecule has 2 heterocycles. The number of phenolic OH excluding ortho intramolecular Hbond substituents is 1. The van der Waals surface area contributed by atoms with Gasteiger partial charge < -0.3 is 5.11 Å². The SMILES string of the molecule is Oc1cccc2sc(CN3CCCCC3)cc12. The van der Waals surface area contributed by atoms with Gasteiger partial charge in [0.05, 0.1) is 0 Å². The first-order valence-electron chi connectivity index (χ1n) is 6.26. The maximum atomic E-state index is 9.78. The first kappa shape index (κ1) is 11.1. The molecule has 1 aliphatic heterocycles. The van der Waals surface area contributed by atoms with Gasteiger partial charge in [0, 0.05) is 21.5 Å². The van der Waals surface area contributed by atoms with Crippen molar-refractivity contribution in [3.05, 3.63) is 29.1 Å². The lowest BCUT2D eigenvalue weighted by molar-refractivity contribution is 0.223. The van der Waals surface area contributed by atoms with E-state index in [0.717, 1.165) is 11.9 Å². The third kappa shape index (κ3) is 2.31. The largest absolute Gasteiger partial charge is 0.507 e. The van der Waals surface area contributed by atoms with Gasteiger partial charge in [0.1, 0.15) is 5.75 Å². The van der Waals surface area contributed by atoms with Crippen LogP contribution in [0.1, 0.15) is 24.1 Å². The molecule has 0 radical (unpaired) electrons. The number of hydrogen-bond donors (Lipinski definition) is 1. The molecule has 0 amide bonds. The average molecular weight is 247 g/mol. The summed E-state index contributed by atoms with van der Waals surface area (Å²) in [7, 11) is 0. The van der Waals surface area contributed by atoms with Crippen molar-refractivity contribution in [1.29, 1.82) is 0 Å². The zero-order valence-electron chi connectivity index (χ0n) is 9.85. The third-order valence-corrected chi connectivity index (χ3v) is 4.50. The first-order chi connectivity index (χ1) is 8.33. The van der Waals surface area contributed by atoms with Crippen LogP contribution in [0.25, 0.3) is 10.1 Å². The lowest BCUT2D eigenvalue weighted by Crippen LogP contribution is -2.28. The molecule has 0 aliphatic carbocycles. The number of nitrogens with zero attached hydrogens (tertiary/aromatic N) is 1. The molecule has 0 saturated carbocycles. The van der Waals surface area contributed by atoms with Gasteiger partial charge in [-0.25, -0.2) is 0 Å². The van der Waals surface area contributed by atoms with Crippen LogP contribution in [0.4, 0.5) is 0 Å². The van der Waals surface area contributed by atoms with Crippen LogP contribution >= 0.6 is 11.3 Å². The molecule has 1 N–H and O–H groups in total. The van der Waals surface area contributed by atoms with Gasteiger partial charge in [0.15, 0.2) is 0 Å². The molecule has 2 aromatic rings. The highest BCUT2D eigenvalue weighted by Crippen LogP contribution is 2.32. The number of hydrogen-bond acceptors (Lipinski definition) is 3. The molecular formula is C14H17NOS. The van der Waals surface area contributed by atoms with Crippen molar-refractivity contribution in [2.24, 2.45) is 0 Å². The van der Waals surface area contributed by atoms with Gasteiger partial charge in [-0.05, 0) is 44.1 Å². The number of piperidine rings is 1. The number of aromatic hydroxyl groups is 1. The van der Waals surface area contributed by atoms with Crippen LogP contribution in [-0.2, 0) is 6.54 Å². The minimum Gasteiger partial charge on any atom is -0.507 e. The number of benzene rings is 1. The van der Waals surface area contributed by atoms with E-state index in [1.807, 2.05) is 6.07 Å². The van der Waals surface area contributed by atoms with Gasteiger partial charge in [-0.15, -0.1) is 11.3 Å². The zero-order chi connectivity index (χ0) is 11.7. The Hall–Kier alpha value is -1.06. The van der Waals surface area contributed by atoms with E-state index in [0.29, 0.717) is 5.75 Å². The normalized spacial score (nSPS) is 17.6. The molecule has 1 aromatic carbocycles. The summed E-state index contributed by atoms with van der Waals surface area (Å²) in [6.07, 6.45) is 4.04. The molecule has 90 valence electrons. The van der Waals surface area contributed by atoms with Gasteiger partial charge in [-0.1, -0.05) is 12.5 Å². The van der Waals surface area contributed by atoms with E-state index in [2.05, 4.69) is 17.0 Å². The Morgan fingerprint density at radius 3 is 2.76 bits per heavy atom. The Kier molecular flexibility index (Phi) is 3.04. The summed E-state index contributed by atoms with van der Waals surface area (Å²) in [6.45, 7) is 3.49. The Balaban J connectivity index is 1.83. The molecule has 0 atom stereocenters. The van der Waals surface area contributed by atoms with E-state index < -0.39 is 0 Å². The number of rotatable bonds is 2.